The molecule has 0 saturated heterocycles. The van der Waals surface area contributed by atoms with Crippen molar-refractivity contribution in [2.75, 3.05) is 0 Å². The van der Waals surface area contributed by atoms with Gasteiger partial charge >= 0.3 is 11.9 Å². The van der Waals surface area contributed by atoms with E-state index in [9.17, 15) is 9.59 Å². The van der Waals surface area contributed by atoms with Gasteiger partial charge in [0.2, 0.25) is 0 Å². The molecular weight excluding hydrogens is 320 g/mol. The van der Waals surface area contributed by atoms with Gasteiger partial charge in [0, 0.05) is 12.2 Å². The van der Waals surface area contributed by atoms with E-state index in [4.69, 9.17) is 14.2 Å². The van der Waals surface area contributed by atoms with Crippen LogP contribution >= 0.6 is 0 Å². The average Bonchev–Trinajstić information content (AvgIpc) is 2.61. The third-order valence-corrected chi connectivity index (χ3v) is 3.36. The fourth-order valence-corrected chi connectivity index (χ4v) is 2.00. The van der Waals surface area contributed by atoms with Crippen LogP contribution in [0.1, 0.15) is 13.8 Å². The van der Waals surface area contributed by atoms with Crippen molar-refractivity contribution in [3.63, 3.8) is 0 Å². The third-order valence-electron chi connectivity index (χ3n) is 3.36. The molecule has 128 valence electrons. The lowest BCUT2D eigenvalue weighted by Crippen LogP contribution is -2.03. The maximum absolute atomic E-state index is 11.2. The van der Waals surface area contributed by atoms with Crippen LogP contribution < -0.4 is 9.47 Å². The number of hydrogen-bond acceptors (Lipinski definition) is 5. The molecule has 0 N–H and O–H groups in total. The normalized spacial score (nSPS) is 11.3. The van der Waals surface area contributed by atoms with Gasteiger partial charge in [-0.2, -0.15) is 0 Å². The van der Waals surface area contributed by atoms with Crippen LogP contribution in [0.25, 0.3) is 10.8 Å². The zero-order chi connectivity index (χ0) is 18.4. The van der Waals surface area contributed by atoms with E-state index in [-0.39, 0.29) is 0 Å². The topological polar surface area (TPSA) is 61.8 Å². The van der Waals surface area contributed by atoms with Crippen LogP contribution in [-0.4, -0.2) is 11.9 Å². The Balaban J connectivity index is 2.21. The molecule has 0 bridgehead atoms. The van der Waals surface area contributed by atoms with E-state index in [2.05, 4.69) is 13.2 Å². The van der Waals surface area contributed by atoms with Gasteiger partial charge in [0.1, 0.15) is 23.0 Å². The number of carbonyl (C=O) groups is 2. The van der Waals surface area contributed by atoms with E-state index in [1.54, 1.807) is 32.0 Å². The third kappa shape index (κ3) is 4.81. The summed E-state index contributed by atoms with van der Waals surface area (Å²) >= 11 is 0. The molecule has 2 rings (SSSR count). The Bertz CT molecular complexity index is 877. The van der Waals surface area contributed by atoms with E-state index in [1.807, 2.05) is 18.2 Å². The second-order valence-corrected chi connectivity index (χ2v) is 5.14. The van der Waals surface area contributed by atoms with Gasteiger partial charge in [-0.25, -0.2) is 9.59 Å². The Morgan fingerprint density at radius 1 is 0.800 bits per heavy atom. The van der Waals surface area contributed by atoms with Crippen molar-refractivity contribution in [3.8, 4) is 11.5 Å². The second-order valence-electron chi connectivity index (χ2n) is 5.14. The maximum atomic E-state index is 11.2. The molecule has 0 spiro atoms. The number of ether oxygens (including phenoxy) is 3. The molecule has 0 saturated carbocycles. The summed E-state index contributed by atoms with van der Waals surface area (Å²) in [5.41, 5.74) is 0. The molecule has 2 aromatic rings. The van der Waals surface area contributed by atoms with Gasteiger partial charge in [-0.05, 0) is 48.9 Å². The van der Waals surface area contributed by atoms with Crippen molar-refractivity contribution in [3.05, 3.63) is 73.2 Å². The molecule has 0 aliphatic heterocycles. The molecule has 5 nitrogen and oxygen atoms in total. The van der Waals surface area contributed by atoms with Crippen LogP contribution in [0, 0.1) is 0 Å². The van der Waals surface area contributed by atoms with E-state index < -0.39 is 11.9 Å². The minimum atomic E-state index is -0.541. The van der Waals surface area contributed by atoms with Gasteiger partial charge in [0.15, 0.2) is 0 Å². The summed E-state index contributed by atoms with van der Waals surface area (Å²) in [7, 11) is 0. The molecule has 0 fully saturated rings. The van der Waals surface area contributed by atoms with Crippen molar-refractivity contribution in [1.82, 2.24) is 0 Å². The van der Waals surface area contributed by atoms with Crippen molar-refractivity contribution in [2.24, 2.45) is 0 Å². The molecule has 0 aromatic heterocycles. The molecule has 5 heteroatoms. The highest BCUT2D eigenvalue weighted by Gasteiger charge is 2.07. The molecule has 0 atom stereocenters. The molecule has 0 unspecified atom stereocenters. The molecule has 0 radical (unpaired) electrons. The van der Waals surface area contributed by atoms with Gasteiger partial charge in [0.25, 0.3) is 0 Å². The summed E-state index contributed by atoms with van der Waals surface area (Å²) in [6.45, 7) is 10.0. The summed E-state index contributed by atoms with van der Waals surface area (Å²) in [6, 6.07) is 10.7. The Morgan fingerprint density at radius 3 is 1.84 bits per heavy atom. The van der Waals surface area contributed by atoms with Crippen molar-refractivity contribution >= 4 is 22.7 Å². The van der Waals surface area contributed by atoms with Crippen molar-refractivity contribution in [2.45, 2.75) is 13.8 Å². The van der Waals surface area contributed by atoms with Gasteiger partial charge in [-0.3, -0.25) is 0 Å². The molecule has 0 amide bonds. The number of fused-ring (bicyclic) bond motifs is 1. The van der Waals surface area contributed by atoms with Crippen LogP contribution in [0.5, 0.6) is 11.5 Å². The standard InChI is InChI=1S/C20H18O5/c1-5-19(21)24-14(4)13(3)23-17-9-7-16-12-18(25-20(22)6-2)10-8-15(16)11-17/h5-12H,1-2H2,3-4H3. The van der Waals surface area contributed by atoms with E-state index >= 15 is 0 Å². The number of rotatable bonds is 6. The van der Waals surface area contributed by atoms with Crippen LogP contribution in [0.3, 0.4) is 0 Å². The highest BCUT2D eigenvalue weighted by molar-refractivity contribution is 5.87. The Labute approximate surface area is 145 Å². The van der Waals surface area contributed by atoms with Gasteiger partial charge in [0.05, 0.1) is 0 Å². The maximum Gasteiger partial charge on any atom is 0.335 e. The minimum absolute atomic E-state index is 0.358. The van der Waals surface area contributed by atoms with Crippen LogP contribution in [0.15, 0.2) is 73.2 Å². The predicted molar refractivity (Wildman–Crippen MR) is 95.1 cm³/mol. The zero-order valence-corrected chi connectivity index (χ0v) is 14.1. The Hall–Kier alpha value is -3.34. The molecule has 2 aromatic carbocycles. The van der Waals surface area contributed by atoms with Gasteiger partial charge in [-0.15, -0.1) is 0 Å². The first kappa shape index (κ1) is 18.0. The zero-order valence-electron chi connectivity index (χ0n) is 14.1. The lowest BCUT2D eigenvalue weighted by atomic mass is 10.1. The smallest absolute Gasteiger partial charge is 0.335 e. The highest BCUT2D eigenvalue weighted by Crippen LogP contribution is 2.26. The fourth-order valence-electron chi connectivity index (χ4n) is 2.00. The second kappa shape index (κ2) is 7.97. The van der Waals surface area contributed by atoms with E-state index in [1.165, 1.54) is 0 Å². The number of allylic oxidation sites excluding steroid dienone is 2. The molecular formula is C20H18O5. The summed E-state index contributed by atoms with van der Waals surface area (Å²) in [5.74, 6) is 0.803. The fraction of sp³-hybridized carbons (Fsp3) is 0.100. The number of hydrogen-bond donors (Lipinski definition) is 0. The summed E-state index contributed by atoms with van der Waals surface area (Å²) in [4.78, 5) is 22.5. The molecule has 0 heterocycles. The average molecular weight is 338 g/mol. The quantitative estimate of drug-likeness (QED) is 0.340. The number of esters is 2. The lowest BCUT2D eigenvalue weighted by molar-refractivity contribution is -0.134. The first-order valence-corrected chi connectivity index (χ1v) is 7.50. The number of carbonyl (C=O) groups excluding carboxylic acids is 2. The monoisotopic (exact) mass is 338 g/mol. The SMILES string of the molecule is C=CC(=O)OC(C)=C(C)Oc1ccc2cc(OC(=O)C=C)ccc2c1. The summed E-state index contributed by atoms with van der Waals surface area (Å²) in [6.07, 6.45) is 2.20. The Kier molecular flexibility index (Phi) is 5.74. The largest absolute Gasteiger partial charge is 0.458 e. The summed E-state index contributed by atoms with van der Waals surface area (Å²) < 4.78 is 15.8. The summed E-state index contributed by atoms with van der Waals surface area (Å²) in [5, 5.41) is 1.79. The van der Waals surface area contributed by atoms with Crippen LogP contribution in [0.4, 0.5) is 0 Å². The van der Waals surface area contributed by atoms with E-state index in [0.29, 0.717) is 23.0 Å². The van der Waals surface area contributed by atoms with Crippen molar-refractivity contribution < 1.29 is 23.8 Å². The van der Waals surface area contributed by atoms with Crippen molar-refractivity contribution in [1.29, 1.82) is 0 Å². The first-order chi connectivity index (χ1) is 11.9. The van der Waals surface area contributed by atoms with Crippen LogP contribution in [0.2, 0.25) is 0 Å². The molecule has 0 aliphatic carbocycles. The number of benzene rings is 2. The Morgan fingerprint density at radius 2 is 1.32 bits per heavy atom. The highest BCUT2D eigenvalue weighted by atomic mass is 16.6. The molecule has 0 aliphatic rings. The van der Waals surface area contributed by atoms with E-state index in [0.717, 1.165) is 22.9 Å². The minimum Gasteiger partial charge on any atom is -0.458 e. The van der Waals surface area contributed by atoms with Crippen LogP contribution in [-0.2, 0) is 14.3 Å². The van der Waals surface area contributed by atoms with Gasteiger partial charge in [-0.1, -0.05) is 25.3 Å². The first-order valence-electron chi connectivity index (χ1n) is 7.50. The van der Waals surface area contributed by atoms with Gasteiger partial charge < -0.3 is 14.2 Å². The lowest BCUT2D eigenvalue weighted by Gasteiger charge is -2.10. The predicted octanol–water partition coefficient (Wildman–Crippen LogP) is 4.29. The molecule has 25 heavy (non-hydrogen) atoms.